The topological polar surface area (TPSA) is 297 Å². The Morgan fingerprint density at radius 3 is 1.40 bits per heavy atom. The third-order valence-corrected chi connectivity index (χ3v) is 10.3. The van der Waals surface area contributed by atoms with Gasteiger partial charge in [0.15, 0.2) is 0 Å². The van der Waals surface area contributed by atoms with Crippen molar-refractivity contribution < 1.29 is 71.2 Å². The van der Waals surface area contributed by atoms with E-state index in [-0.39, 0.29) is 24.8 Å². The minimum absolute atomic E-state index is 0.190. The number of rotatable bonds is 21. The zero-order valence-electron chi connectivity index (χ0n) is 24.0. The first-order valence-corrected chi connectivity index (χ1v) is 16.0. The molecule has 20 heteroatoms. The van der Waals surface area contributed by atoms with Crippen LogP contribution in [0.1, 0.15) is 53.4 Å². The van der Waals surface area contributed by atoms with E-state index in [0.717, 1.165) is 0 Å². The summed E-state index contributed by atoms with van der Waals surface area (Å²) in [5.74, 6) is -4.01. The smallest absolute Gasteiger partial charge is 0.374 e. The summed E-state index contributed by atoms with van der Waals surface area (Å²) < 4.78 is 53.6. The molecule has 0 saturated heterocycles. The number of hydrogen-bond acceptors (Lipinski definition) is 16. The van der Waals surface area contributed by atoms with Gasteiger partial charge in [-0.25, -0.2) is 0 Å². The number of carbonyl (C=O) groups excluding carboxylic acids is 4. The summed E-state index contributed by atoms with van der Waals surface area (Å²) in [7, 11) is -11.1. The summed E-state index contributed by atoms with van der Waals surface area (Å²) >= 11 is 0. The Morgan fingerprint density at radius 2 is 1.10 bits per heavy atom. The lowest BCUT2D eigenvalue weighted by Crippen LogP contribution is -2.37. The Hall–Kier alpha value is -1.98. The Balaban J connectivity index is 4.98. The normalized spacial score (nSPS) is 17.3. The molecule has 0 radical (unpaired) electrons. The first-order valence-electron chi connectivity index (χ1n) is 12.9. The van der Waals surface area contributed by atoms with Gasteiger partial charge < -0.3 is 51.0 Å². The summed E-state index contributed by atoms with van der Waals surface area (Å²) in [6.07, 6.45) is -2.11. The van der Waals surface area contributed by atoms with Gasteiger partial charge >= 0.3 is 39.1 Å². The zero-order valence-corrected chi connectivity index (χ0v) is 25.8. The number of carbonyl (C=O) groups is 4. The van der Waals surface area contributed by atoms with E-state index >= 15 is 0 Å². The third-order valence-electron chi connectivity index (χ3n) is 5.60. The van der Waals surface area contributed by atoms with Crippen molar-refractivity contribution >= 4 is 39.1 Å². The first-order chi connectivity index (χ1) is 19.3. The highest BCUT2D eigenvalue weighted by Crippen LogP contribution is 2.73. The molecule has 2 unspecified atom stereocenters. The maximum Gasteiger partial charge on any atom is 0.374 e. The predicted molar refractivity (Wildman–Crippen MR) is 144 cm³/mol. The summed E-state index contributed by atoms with van der Waals surface area (Å²) in [5, 5.41) is 7.31. The molecule has 0 bridgehead atoms. The second-order valence-corrected chi connectivity index (χ2v) is 14.0. The molecule has 246 valence electrons. The van der Waals surface area contributed by atoms with Gasteiger partial charge in [0.05, 0.1) is 12.8 Å². The van der Waals surface area contributed by atoms with Crippen LogP contribution >= 0.6 is 15.2 Å². The molecular formula is C22H43N3O15P2. The summed E-state index contributed by atoms with van der Waals surface area (Å²) in [4.78, 5) is 67.7. The summed E-state index contributed by atoms with van der Waals surface area (Å²) in [5.41, 5.74) is 16.6. The van der Waals surface area contributed by atoms with Gasteiger partial charge in [-0.05, 0) is 24.8 Å². The van der Waals surface area contributed by atoms with Gasteiger partial charge in [0.1, 0.15) is 25.3 Å². The van der Waals surface area contributed by atoms with Crippen molar-refractivity contribution in [1.82, 2.24) is 0 Å². The zero-order chi connectivity index (χ0) is 32.7. The molecule has 0 rings (SSSR count). The van der Waals surface area contributed by atoms with Crippen LogP contribution < -0.4 is 17.2 Å². The molecule has 0 aromatic heterocycles. The molecular weight excluding hydrogens is 608 g/mol. The van der Waals surface area contributed by atoms with Crippen molar-refractivity contribution in [2.24, 2.45) is 29.0 Å². The summed E-state index contributed by atoms with van der Waals surface area (Å²) in [6.45, 7) is 3.25. The highest BCUT2D eigenvalue weighted by atomic mass is 31.2. The van der Waals surface area contributed by atoms with E-state index in [1.165, 1.54) is 0 Å². The Labute approximate surface area is 243 Å². The number of ether oxygens (including phenoxy) is 4. The number of esters is 4. The fraction of sp³-hybridized carbons (Fsp3) is 0.818. The van der Waals surface area contributed by atoms with Crippen LogP contribution in [0.3, 0.4) is 0 Å². The van der Waals surface area contributed by atoms with E-state index in [2.05, 4.69) is 18.5 Å². The van der Waals surface area contributed by atoms with Crippen molar-refractivity contribution in [2.75, 3.05) is 33.3 Å². The fourth-order valence-corrected chi connectivity index (χ4v) is 5.98. The van der Waals surface area contributed by atoms with Gasteiger partial charge in [-0.1, -0.05) is 27.7 Å². The van der Waals surface area contributed by atoms with Crippen LogP contribution in [0.4, 0.5) is 0 Å². The average Bonchev–Trinajstić information content (AvgIpc) is 2.89. The predicted octanol–water partition coefficient (Wildman–Crippen LogP) is -0.390. The molecule has 0 saturated carbocycles. The highest BCUT2D eigenvalue weighted by Gasteiger charge is 2.62. The molecule has 0 amide bonds. The minimum Gasteiger partial charge on any atom is -0.464 e. The number of nitrogens with two attached hydrogens (primary N) is 3. The van der Waals surface area contributed by atoms with E-state index in [4.69, 9.17) is 26.7 Å². The van der Waals surface area contributed by atoms with Gasteiger partial charge in [-0.3, -0.25) is 37.4 Å². The standard InChI is InChI=1S/C22H43N3O15P2/c1-14(2)18(24)20(28)35-10-6-16(26)37-12-39-41(31,32)22(30,8-5-9-23)42(33,34)40-13-38-17(27)7-11-36-21(29)19(25)15(3)4/h14-15,18-19,30H,5-13,23-25H2,1-4H3,(H,31,32)(H,33,34)/t18-,19-/m0/s1. The van der Waals surface area contributed by atoms with Crippen LogP contribution in [0.5, 0.6) is 0 Å². The molecule has 0 aliphatic carbocycles. The van der Waals surface area contributed by atoms with Crippen molar-refractivity contribution in [3.63, 3.8) is 0 Å². The van der Waals surface area contributed by atoms with Gasteiger partial charge in [-0.15, -0.1) is 0 Å². The lowest BCUT2D eigenvalue weighted by atomic mass is 10.1. The van der Waals surface area contributed by atoms with Crippen molar-refractivity contribution in [3.05, 3.63) is 0 Å². The van der Waals surface area contributed by atoms with Gasteiger partial charge in [-0.2, -0.15) is 0 Å². The molecule has 9 N–H and O–H groups in total. The molecule has 0 spiro atoms. The molecule has 42 heavy (non-hydrogen) atoms. The quantitative estimate of drug-likeness (QED) is 0.0398. The maximum absolute atomic E-state index is 12.8. The summed E-state index contributed by atoms with van der Waals surface area (Å²) in [6, 6.07) is -1.82. The van der Waals surface area contributed by atoms with E-state index in [1.54, 1.807) is 27.7 Å². The van der Waals surface area contributed by atoms with Crippen molar-refractivity contribution in [3.8, 4) is 0 Å². The highest BCUT2D eigenvalue weighted by molar-refractivity contribution is 7.72. The Morgan fingerprint density at radius 1 is 0.738 bits per heavy atom. The van der Waals surface area contributed by atoms with Crippen LogP contribution in [-0.4, -0.2) is 89.3 Å². The molecule has 4 atom stereocenters. The third kappa shape index (κ3) is 13.1. The molecule has 0 aliphatic rings. The van der Waals surface area contributed by atoms with Crippen LogP contribution in [0.25, 0.3) is 0 Å². The van der Waals surface area contributed by atoms with E-state index in [9.17, 15) is 43.2 Å². The van der Waals surface area contributed by atoms with E-state index < -0.39 is 102 Å². The fourth-order valence-electron chi connectivity index (χ4n) is 2.67. The van der Waals surface area contributed by atoms with Crippen molar-refractivity contribution in [1.29, 1.82) is 0 Å². The van der Waals surface area contributed by atoms with E-state index in [1.807, 2.05) is 0 Å². The second kappa shape index (κ2) is 18.6. The molecule has 18 nitrogen and oxygen atoms in total. The average molecular weight is 652 g/mol. The van der Waals surface area contributed by atoms with Crippen molar-refractivity contribution in [2.45, 2.75) is 70.5 Å². The molecule has 0 fully saturated rings. The van der Waals surface area contributed by atoms with Gasteiger partial charge in [0.2, 0.25) is 13.6 Å². The largest absolute Gasteiger partial charge is 0.464 e. The number of aliphatic hydroxyl groups is 1. The lowest BCUT2D eigenvalue weighted by Gasteiger charge is -2.33. The van der Waals surface area contributed by atoms with Crippen LogP contribution in [0, 0.1) is 11.8 Å². The second-order valence-electron chi connectivity index (χ2n) is 9.61. The SMILES string of the molecule is CC(C)[C@H](N)C(=O)OCCC(=O)OCOP(=O)(O)C(O)(CCCN)P(=O)(O)OCOC(=O)CCOC(=O)[C@@H](N)C(C)C. The molecule has 0 aromatic rings. The molecule has 0 heterocycles. The monoisotopic (exact) mass is 651 g/mol. The maximum atomic E-state index is 12.8. The number of hydrogen-bond donors (Lipinski definition) is 6. The van der Waals surface area contributed by atoms with E-state index in [0.29, 0.717) is 0 Å². The minimum atomic E-state index is -5.53. The van der Waals surface area contributed by atoms with Crippen LogP contribution in [0.2, 0.25) is 0 Å². The first kappa shape index (κ1) is 40.0. The Kier molecular flexibility index (Phi) is 17.8. The van der Waals surface area contributed by atoms with Crippen LogP contribution in [0.15, 0.2) is 0 Å². The van der Waals surface area contributed by atoms with Gasteiger partial charge in [0.25, 0.3) is 5.08 Å². The van der Waals surface area contributed by atoms with Gasteiger partial charge in [0, 0.05) is 6.42 Å². The molecule has 0 aliphatic heterocycles. The Bertz CT molecular complexity index is 924. The van der Waals surface area contributed by atoms with Crippen LogP contribution in [-0.2, 0) is 56.3 Å². The molecule has 0 aromatic carbocycles. The lowest BCUT2D eigenvalue weighted by molar-refractivity contribution is -0.156.